The van der Waals surface area contributed by atoms with Gasteiger partial charge in [-0.25, -0.2) is 0 Å². The highest BCUT2D eigenvalue weighted by molar-refractivity contribution is 5.43. The quantitative estimate of drug-likeness (QED) is 0.660. The van der Waals surface area contributed by atoms with Gasteiger partial charge >= 0.3 is 0 Å². The summed E-state index contributed by atoms with van der Waals surface area (Å²) in [6, 6.07) is 0.131. The summed E-state index contributed by atoms with van der Waals surface area (Å²) < 4.78 is 0. The summed E-state index contributed by atoms with van der Waals surface area (Å²) in [5.41, 5.74) is 0. The average molecular weight is 282 g/mol. The van der Waals surface area contributed by atoms with Crippen molar-refractivity contribution in [2.75, 3.05) is 42.8 Å². The number of anilines is 3. The van der Waals surface area contributed by atoms with Crippen molar-refractivity contribution in [3.8, 4) is 0 Å². The summed E-state index contributed by atoms with van der Waals surface area (Å²) in [7, 11) is 3.78. The number of aromatic nitrogens is 3. The summed E-state index contributed by atoms with van der Waals surface area (Å²) in [5, 5.41) is 15.5. The highest BCUT2D eigenvalue weighted by atomic mass is 16.3. The third-order valence-corrected chi connectivity index (χ3v) is 2.92. The van der Waals surface area contributed by atoms with E-state index in [0.717, 1.165) is 6.54 Å². The highest BCUT2D eigenvalue weighted by Gasteiger charge is 2.15. The summed E-state index contributed by atoms with van der Waals surface area (Å²) in [4.78, 5) is 14.9. The second kappa shape index (κ2) is 7.84. The van der Waals surface area contributed by atoms with Gasteiger partial charge in [0.2, 0.25) is 17.8 Å². The van der Waals surface area contributed by atoms with Crippen molar-refractivity contribution in [3.63, 3.8) is 0 Å². The Labute approximate surface area is 120 Å². The number of hydrogen-bond acceptors (Lipinski definition) is 7. The zero-order valence-corrected chi connectivity index (χ0v) is 13.0. The van der Waals surface area contributed by atoms with E-state index in [9.17, 15) is 0 Å². The van der Waals surface area contributed by atoms with Crippen molar-refractivity contribution in [2.45, 2.75) is 33.2 Å². The van der Waals surface area contributed by atoms with E-state index in [0.29, 0.717) is 30.2 Å². The van der Waals surface area contributed by atoms with Gasteiger partial charge in [-0.2, -0.15) is 15.0 Å². The predicted molar refractivity (Wildman–Crippen MR) is 82.3 cm³/mol. The molecule has 3 N–H and O–H groups in total. The minimum atomic E-state index is 0.131. The molecule has 0 bridgehead atoms. The molecule has 0 aliphatic carbocycles. The predicted octanol–water partition coefficient (Wildman–Crippen LogP) is 1.19. The van der Waals surface area contributed by atoms with Crippen LogP contribution in [0.4, 0.5) is 17.8 Å². The van der Waals surface area contributed by atoms with Gasteiger partial charge in [0.15, 0.2) is 0 Å². The van der Waals surface area contributed by atoms with Crippen LogP contribution in [-0.2, 0) is 0 Å². The number of hydrogen-bond donors (Lipinski definition) is 3. The van der Waals surface area contributed by atoms with Gasteiger partial charge in [-0.05, 0) is 19.3 Å². The summed E-state index contributed by atoms with van der Waals surface area (Å²) in [6.07, 6.45) is 0.664. The van der Waals surface area contributed by atoms with E-state index in [1.165, 1.54) is 0 Å². The number of aliphatic hydroxyl groups excluding tert-OH is 1. The lowest BCUT2D eigenvalue weighted by Crippen LogP contribution is -2.28. The smallest absolute Gasteiger partial charge is 0.231 e. The molecule has 114 valence electrons. The van der Waals surface area contributed by atoms with Gasteiger partial charge in [0.25, 0.3) is 0 Å². The van der Waals surface area contributed by atoms with Crippen LogP contribution in [0.5, 0.6) is 0 Å². The van der Waals surface area contributed by atoms with Crippen molar-refractivity contribution in [2.24, 2.45) is 5.92 Å². The van der Waals surface area contributed by atoms with E-state index in [4.69, 9.17) is 5.11 Å². The molecule has 1 aromatic heterocycles. The molecule has 7 heteroatoms. The molecule has 0 aromatic carbocycles. The van der Waals surface area contributed by atoms with Gasteiger partial charge in [-0.1, -0.05) is 13.8 Å². The molecule has 1 heterocycles. The fraction of sp³-hybridized carbons (Fsp3) is 0.769. The largest absolute Gasteiger partial charge is 0.396 e. The van der Waals surface area contributed by atoms with Crippen molar-refractivity contribution in [3.05, 3.63) is 0 Å². The number of aliphatic hydroxyl groups is 1. The molecule has 1 rings (SSSR count). The van der Waals surface area contributed by atoms with Crippen LogP contribution in [0.3, 0.4) is 0 Å². The summed E-state index contributed by atoms with van der Waals surface area (Å²) >= 11 is 0. The third-order valence-electron chi connectivity index (χ3n) is 2.92. The van der Waals surface area contributed by atoms with Crippen LogP contribution >= 0.6 is 0 Å². The zero-order chi connectivity index (χ0) is 15.1. The Bertz CT molecular complexity index is 410. The second-order valence-corrected chi connectivity index (χ2v) is 5.21. The van der Waals surface area contributed by atoms with Crippen LogP contribution in [0, 0.1) is 5.92 Å². The lowest BCUT2D eigenvalue weighted by Gasteiger charge is -2.22. The lowest BCUT2D eigenvalue weighted by molar-refractivity contribution is 0.267. The molecule has 0 saturated carbocycles. The molecule has 0 spiro atoms. The molecule has 20 heavy (non-hydrogen) atoms. The maximum Gasteiger partial charge on any atom is 0.231 e. The first-order valence-electron chi connectivity index (χ1n) is 7.02. The zero-order valence-electron chi connectivity index (χ0n) is 13.0. The Morgan fingerprint density at radius 1 is 1.15 bits per heavy atom. The second-order valence-electron chi connectivity index (χ2n) is 5.21. The van der Waals surface area contributed by atoms with Crippen LogP contribution in [0.2, 0.25) is 0 Å². The Balaban J connectivity index is 2.96. The van der Waals surface area contributed by atoms with Crippen LogP contribution in [-0.4, -0.2) is 53.3 Å². The minimum Gasteiger partial charge on any atom is -0.396 e. The summed E-state index contributed by atoms with van der Waals surface area (Å²) in [6.45, 7) is 7.09. The highest BCUT2D eigenvalue weighted by Crippen LogP contribution is 2.15. The molecule has 7 nitrogen and oxygen atoms in total. The molecule has 0 amide bonds. The molecule has 0 saturated heterocycles. The molecule has 1 atom stereocenters. The Morgan fingerprint density at radius 2 is 1.80 bits per heavy atom. The maximum absolute atomic E-state index is 9.13. The number of rotatable bonds is 8. The van der Waals surface area contributed by atoms with Gasteiger partial charge in [-0.15, -0.1) is 0 Å². The Morgan fingerprint density at radius 3 is 2.30 bits per heavy atom. The van der Waals surface area contributed by atoms with Gasteiger partial charge in [0.1, 0.15) is 0 Å². The summed E-state index contributed by atoms with van der Waals surface area (Å²) in [5.74, 6) is 2.07. The van der Waals surface area contributed by atoms with Gasteiger partial charge in [-0.3, -0.25) is 0 Å². The molecule has 1 aromatic rings. The van der Waals surface area contributed by atoms with E-state index in [1.54, 1.807) is 0 Å². The van der Waals surface area contributed by atoms with Crippen molar-refractivity contribution >= 4 is 17.8 Å². The normalized spacial score (nSPS) is 12.3. The minimum absolute atomic E-state index is 0.131. The molecule has 0 aliphatic heterocycles. The lowest BCUT2D eigenvalue weighted by atomic mass is 10.0. The van der Waals surface area contributed by atoms with Gasteiger partial charge in [0.05, 0.1) is 0 Å². The molecule has 0 aliphatic rings. The van der Waals surface area contributed by atoms with E-state index >= 15 is 0 Å². The van der Waals surface area contributed by atoms with Gasteiger partial charge < -0.3 is 20.6 Å². The van der Waals surface area contributed by atoms with Crippen LogP contribution in [0.25, 0.3) is 0 Å². The van der Waals surface area contributed by atoms with Crippen LogP contribution in [0.1, 0.15) is 27.2 Å². The fourth-order valence-electron chi connectivity index (χ4n) is 1.74. The molecule has 0 fully saturated rings. The number of nitrogens with zero attached hydrogens (tertiary/aromatic N) is 4. The standard InChI is InChI=1S/C13H26N6O/c1-6-14-11-16-12(18-13(17-11)19(4)5)15-10(7-8-20)9(2)3/h9-10,20H,6-8H2,1-5H3,(H2,14,15,16,17,18). The average Bonchev–Trinajstić information content (AvgIpc) is 2.38. The molecule has 0 radical (unpaired) electrons. The van der Waals surface area contributed by atoms with Crippen molar-refractivity contribution in [1.29, 1.82) is 0 Å². The first kappa shape index (κ1) is 16.4. The molecular weight excluding hydrogens is 256 g/mol. The topological polar surface area (TPSA) is 86.2 Å². The first-order valence-corrected chi connectivity index (χ1v) is 7.02. The Hall–Kier alpha value is -1.63. The van der Waals surface area contributed by atoms with E-state index < -0.39 is 0 Å². The Kier molecular flexibility index (Phi) is 6.44. The molecular formula is C13H26N6O. The van der Waals surface area contributed by atoms with Crippen molar-refractivity contribution in [1.82, 2.24) is 15.0 Å². The van der Waals surface area contributed by atoms with Crippen LogP contribution < -0.4 is 15.5 Å². The van der Waals surface area contributed by atoms with E-state index in [1.807, 2.05) is 25.9 Å². The van der Waals surface area contributed by atoms with Crippen molar-refractivity contribution < 1.29 is 5.11 Å². The first-order chi connectivity index (χ1) is 9.47. The maximum atomic E-state index is 9.13. The monoisotopic (exact) mass is 282 g/mol. The van der Waals surface area contributed by atoms with E-state index in [-0.39, 0.29) is 12.6 Å². The number of nitrogens with one attached hydrogen (secondary N) is 2. The fourth-order valence-corrected chi connectivity index (χ4v) is 1.74. The van der Waals surface area contributed by atoms with Gasteiger partial charge in [0, 0.05) is 33.3 Å². The molecule has 1 unspecified atom stereocenters. The van der Waals surface area contributed by atoms with Crippen LogP contribution in [0.15, 0.2) is 0 Å². The third kappa shape index (κ3) is 4.80. The van der Waals surface area contributed by atoms with E-state index in [2.05, 4.69) is 39.4 Å². The SMILES string of the molecule is CCNc1nc(NC(CCO)C(C)C)nc(N(C)C)n1.